The van der Waals surface area contributed by atoms with Gasteiger partial charge in [-0.2, -0.15) is 0 Å². The summed E-state index contributed by atoms with van der Waals surface area (Å²) in [7, 11) is 0. The van der Waals surface area contributed by atoms with Gasteiger partial charge >= 0.3 is 0 Å². The Bertz CT molecular complexity index is 494. The first-order chi connectivity index (χ1) is 7.65. The Morgan fingerprint density at radius 3 is 2.56 bits per heavy atom. The zero-order valence-corrected chi connectivity index (χ0v) is 9.95. The minimum absolute atomic E-state index is 0.279. The fraction of sp³-hybridized carbons (Fsp3) is 0.167. The van der Waals surface area contributed by atoms with Gasteiger partial charge in [0.25, 0.3) is 0 Å². The standard InChI is InChI=1S/C12H12N2OS/c1-8-7-12(14-9(2)13-8)16-11-6-4-3-5-10(11)15/h3-7,15H,1-2H3. The van der Waals surface area contributed by atoms with Crippen LogP contribution in [0.1, 0.15) is 11.5 Å². The molecule has 1 heterocycles. The summed E-state index contributed by atoms with van der Waals surface area (Å²) in [6.45, 7) is 3.80. The highest BCUT2D eigenvalue weighted by molar-refractivity contribution is 7.99. The Labute approximate surface area is 98.6 Å². The van der Waals surface area contributed by atoms with E-state index in [1.807, 2.05) is 32.0 Å². The molecule has 4 heteroatoms. The number of hydrogen-bond donors (Lipinski definition) is 1. The van der Waals surface area contributed by atoms with E-state index in [0.29, 0.717) is 0 Å². The average Bonchev–Trinajstić information content (AvgIpc) is 2.20. The largest absolute Gasteiger partial charge is 0.507 e. The van der Waals surface area contributed by atoms with E-state index in [1.54, 1.807) is 12.1 Å². The topological polar surface area (TPSA) is 46.0 Å². The van der Waals surface area contributed by atoms with Gasteiger partial charge < -0.3 is 5.11 Å². The molecule has 0 aliphatic heterocycles. The van der Waals surface area contributed by atoms with E-state index in [4.69, 9.17) is 0 Å². The second-order valence-corrected chi connectivity index (χ2v) is 4.53. The first kappa shape index (κ1) is 11.0. The van der Waals surface area contributed by atoms with E-state index in [-0.39, 0.29) is 5.75 Å². The molecule has 1 N–H and O–H groups in total. The quantitative estimate of drug-likeness (QED) is 0.809. The van der Waals surface area contributed by atoms with Gasteiger partial charge in [0.1, 0.15) is 16.6 Å². The number of hydrogen-bond acceptors (Lipinski definition) is 4. The van der Waals surface area contributed by atoms with E-state index in [0.717, 1.165) is 21.4 Å². The van der Waals surface area contributed by atoms with E-state index in [2.05, 4.69) is 9.97 Å². The van der Waals surface area contributed by atoms with Crippen molar-refractivity contribution in [3.63, 3.8) is 0 Å². The third kappa shape index (κ3) is 2.52. The maximum absolute atomic E-state index is 9.65. The molecule has 0 bridgehead atoms. The molecule has 0 saturated heterocycles. The van der Waals surface area contributed by atoms with Gasteiger partial charge in [0.05, 0.1) is 4.90 Å². The molecule has 16 heavy (non-hydrogen) atoms. The Morgan fingerprint density at radius 1 is 1.12 bits per heavy atom. The van der Waals surface area contributed by atoms with Crippen molar-refractivity contribution in [2.45, 2.75) is 23.8 Å². The number of phenolic OH excluding ortho intramolecular Hbond substituents is 1. The first-order valence-electron chi connectivity index (χ1n) is 4.93. The lowest BCUT2D eigenvalue weighted by Crippen LogP contribution is -1.92. The van der Waals surface area contributed by atoms with Gasteiger partial charge in [0.15, 0.2) is 0 Å². The van der Waals surface area contributed by atoms with Crippen LogP contribution in [0.4, 0.5) is 0 Å². The fourth-order valence-corrected chi connectivity index (χ4v) is 2.34. The van der Waals surface area contributed by atoms with E-state index < -0.39 is 0 Å². The van der Waals surface area contributed by atoms with Crippen LogP contribution in [0.5, 0.6) is 5.75 Å². The minimum Gasteiger partial charge on any atom is -0.507 e. The molecule has 2 rings (SSSR count). The molecule has 82 valence electrons. The van der Waals surface area contributed by atoms with Crippen LogP contribution in [-0.4, -0.2) is 15.1 Å². The highest BCUT2D eigenvalue weighted by Crippen LogP contribution is 2.32. The van der Waals surface area contributed by atoms with Gasteiger partial charge in [-0.3, -0.25) is 0 Å². The van der Waals surface area contributed by atoms with Crippen molar-refractivity contribution in [1.29, 1.82) is 0 Å². The maximum Gasteiger partial charge on any atom is 0.129 e. The Kier molecular flexibility index (Phi) is 3.10. The molecule has 0 spiro atoms. The fourth-order valence-electron chi connectivity index (χ4n) is 1.39. The number of benzene rings is 1. The van der Waals surface area contributed by atoms with E-state index >= 15 is 0 Å². The van der Waals surface area contributed by atoms with Gasteiger partial charge in [-0.25, -0.2) is 9.97 Å². The molecular formula is C12H12N2OS. The van der Waals surface area contributed by atoms with Gasteiger partial charge in [0, 0.05) is 5.69 Å². The molecule has 0 aliphatic rings. The molecule has 0 fully saturated rings. The molecule has 0 saturated carbocycles. The van der Waals surface area contributed by atoms with Crippen molar-refractivity contribution < 1.29 is 5.11 Å². The summed E-state index contributed by atoms with van der Waals surface area (Å²) in [5.41, 5.74) is 0.936. The summed E-state index contributed by atoms with van der Waals surface area (Å²) in [6, 6.07) is 9.14. The normalized spacial score (nSPS) is 10.4. The summed E-state index contributed by atoms with van der Waals surface area (Å²) in [4.78, 5) is 9.33. The highest BCUT2D eigenvalue weighted by Gasteiger charge is 2.05. The second kappa shape index (κ2) is 4.53. The lowest BCUT2D eigenvalue weighted by molar-refractivity contribution is 0.462. The number of nitrogens with zero attached hydrogens (tertiary/aromatic N) is 2. The number of phenols is 1. The summed E-state index contributed by atoms with van der Waals surface area (Å²) in [5, 5.41) is 10.5. The predicted octanol–water partition coefficient (Wildman–Crippen LogP) is 2.95. The summed E-state index contributed by atoms with van der Waals surface area (Å²) < 4.78 is 0. The lowest BCUT2D eigenvalue weighted by Gasteiger charge is -2.04. The van der Waals surface area contributed by atoms with Gasteiger partial charge in [-0.1, -0.05) is 23.9 Å². The van der Waals surface area contributed by atoms with Crippen molar-refractivity contribution in [2.75, 3.05) is 0 Å². The number of aromatic nitrogens is 2. The molecule has 0 unspecified atom stereocenters. The van der Waals surface area contributed by atoms with Crippen LogP contribution in [0.3, 0.4) is 0 Å². The SMILES string of the molecule is Cc1cc(Sc2ccccc2O)nc(C)n1. The van der Waals surface area contributed by atoms with E-state index in [9.17, 15) is 5.11 Å². The van der Waals surface area contributed by atoms with Gasteiger partial charge in [-0.15, -0.1) is 0 Å². The Hall–Kier alpha value is -1.55. The maximum atomic E-state index is 9.65. The third-order valence-corrected chi connectivity index (χ3v) is 3.01. The Balaban J connectivity index is 2.30. The molecule has 0 aliphatic carbocycles. The molecule has 0 radical (unpaired) electrons. The van der Waals surface area contributed by atoms with Crippen LogP contribution >= 0.6 is 11.8 Å². The van der Waals surface area contributed by atoms with Crippen LogP contribution in [-0.2, 0) is 0 Å². The number of aryl methyl sites for hydroxylation is 2. The molecule has 1 aromatic carbocycles. The van der Waals surface area contributed by atoms with Crippen molar-refractivity contribution in [2.24, 2.45) is 0 Å². The molecule has 1 aromatic heterocycles. The lowest BCUT2D eigenvalue weighted by atomic mass is 10.3. The van der Waals surface area contributed by atoms with Crippen LogP contribution in [0.2, 0.25) is 0 Å². The highest BCUT2D eigenvalue weighted by atomic mass is 32.2. The first-order valence-corrected chi connectivity index (χ1v) is 5.75. The third-order valence-electron chi connectivity index (χ3n) is 2.02. The van der Waals surface area contributed by atoms with Gasteiger partial charge in [-0.05, 0) is 32.0 Å². The predicted molar refractivity (Wildman–Crippen MR) is 63.7 cm³/mol. The van der Waals surface area contributed by atoms with Crippen molar-refractivity contribution >= 4 is 11.8 Å². The molecular weight excluding hydrogens is 220 g/mol. The zero-order chi connectivity index (χ0) is 11.5. The van der Waals surface area contributed by atoms with Crippen LogP contribution < -0.4 is 0 Å². The minimum atomic E-state index is 0.279. The molecule has 3 nitrogen and oxygen atoms in total. The van der Waals surface area contributed by atoms with Crippen molar-refractivity contribution in [3.05, 3.63) is 41.9 Å². The smallest absolute Gasteiger partial charge is 0.129 e. The summed E-state index contributed by atoms with van der Waals surface area (Å²) >= 11 is 1.44. The molecule has 2 aromatic rings. The number of para-hydroxylation sites is 1. The van der Waals surface area contributed by atoms with E-state index in [1.165, 1.54) is 11.8 Å². The zero-order valence-electron chi connectivity index (χ0n) is 9.14. The molecule has 0 atom stereocenters. The number of rotatable bonds is 2. The van der Waals surface area contributed by atoms with Crippen LogP contribution in [0.15, 0.2) is 40.3 Å². The average molecular weight is 232 g/mol. The van der Waals surface area contributed by atoms with Crippen molar-refractivity contribution in [3.8, 4) is 5.75 Å². The monoisotopic (exact) mass is 232 g/mol. The summed E-state index contributed by atoms with van der Waals surface area (Å²) in [6.07, 6.45) is 0. The summed E-state index contributed by atoms with van der Waals surface area (Å²) in [5.74, 6) is 1.03. The van der Waals surface area contributed by atoms with Crippen LogP contribution in [0, 0.1) is 13.8 Å². The number of aromatic hydroxyl groups is 1. The van der Waals surface area contributed by atoms with Crippen molar-refractivity contribution in [1.82, 2.24) is 9.97 Å². The molecule has 0 amide bonds. The van der Waals surface area contributed by atoms with Crippen LogP contribution in [0.25, 0.3) is 0 Å². The van der Waals surface area contributed by atoms with Gasteiger partial charge in [0.2, 0.25) is 0 Å². The Morgan fingerprint density at radius 2 is 1.88 bits per heavy atom. The second-order valence-electron chi connectivity index (χ2n) is 3.46.